The standard InChI is InChI=1S/C20H22N4O2/c1-25-18-10-8-17(9-11-18)23-12-5-13-24(15-14-23)20-21-19(26-22-20)16-6-3-2-4-7-16/h2-4,6-11H,5,12-15H2,1H3. The van der Waals surface area contributed by atoms with Gasteiger partial charge in [-0.2, -0.15) is 4.98 Å². The van der Waals surface area contributed by atoms with Crippen LogP contribution < -0.4 is 14.5 Å². The Bertz CT molecular complexity index is 833. The third-order valence-corrected chi connectivity index (χ3v) is 4.65. The Labute approximate surface area is 153 Å². The van der Waals surface area contributed by atoms with Gasteiger partial charge in [-0.1, -0.05) is 18.2 Å². The number of hydrogen-bond donors (Lipinski definition) is 0. The molecule has 1 aromatic heterocycles. The molecule has 0 radical (unpaired) electrons. The maximum absolute atomic E-state index is 5.45. The maximum atomic E-state index is 5.45. The molecule has 0 saturated carbocycles. The second-order valence-corrected chi connectivity index (χ2v) is 6.29. The highest BCUT2D eigenvalue weighted by Crippen LogP contribution is 2.23. The molecule has 26 heavy (non-hydrogen) atoms. The van der Waals surface area contributed by atoms with E-state index >= 15 is 0 Å². The second kappa shape index (κ2) is 7.47. The van der Waals surface area contributed by atoms with Crippen molar-refractivity contribution in [3.8, 4) is 17.2 Å². The smallest absolute Gasteiger partial charge is 0.266 e. The van der Waals surface area contributed by atoms with Gasteiger partial charge in [0.25, 0.3) is 11.8 Å². The lowest BCUT2D eigenvalue weighted by Crippen LogP contribution is -2.31. The Kier molecular flexibility index (Phi) is 4.73. The molecule has 0 bridgehead atoms. The monoisotopic (exact) mass is 350 g/mol. The van der Waals surface area contributed by atoms with Crippen molar-refractivity contribution in [2.24, 2.45) is 0 Å². The number of methoxy groups -OCH3 is 1. The van der Waals surface area contributed by atoms with Gasteiger partial charge in [0.2, 0.25) is 0 Å². The number of nitrogens with zero attached hydrogens (tertiary/aromatic N) is 4. The van der Waals surface area contributed by atoms with Crippen LogP contribution in [-0.4, -0.2) is 43.4 Å². The third kappa shape index (κ3) is 3.49. The molecule has 0 spiro atoms. The van der Waals surface area contributed by atoms with Crippen molar-refractivity contribution < 1.29 is 9.26 Å². The molecule has 2 heterocycles. The molecule has 1 saturated heterocycles. The third-order valence-electron chi connectivity index (χ3n) is 4.65. The zero-order valence-electron chi connectivity index (χ0n) is 14.8. The van der Waals surface area contributed by atoms with Crippen LogP contribution in [0.15, 0.2) is 59.1 Å². The van der Waals surface area contributed by atoms with Crippen LogP contribution in [0.3, 0.4) is 0 Å². The lowest BCUT2D eigenvalue weighted by atomic mass is 10.2. The van der Waals surface area contributed by atoms with Gasteiger partial charge in [-0.15, -0.1) is 0 Å². The summed E-state index contributed by atoms with van der Waals surface area (Å²) in [7, 11) is 1.69. The molecule has 0 N–H and O–H groups in total. The summed E-state index contributed by atoms with van der Waals surface area (Å²) in [5, 5.41) is 4.18. The van der Waals surface area contributed by atoms with Crippen molar-refractivity contribution in [3.05, 3.63) is 54.6 Å². The average Bonchev–Trinajstić information content (AvgIpc) is 3.07. The first-order valence-corrected chi connectivity index (χ1v) is 8.86. The fraction of sp³-hybridized carbons (Fsp3) is 0.300. The molecule has 6 heteroatoms. The van der Waals surface area contributed by atoms with Crippen molar-refractivity contribution in [3.63, 3.8) is 0 Å². The van der Waals surface area contributed by atoms with E-state index in [1.807, 2.05) is 42.5 Å². The summed E-state index contributed by atoms with van der Waals surface area (Å²) in [4.78, 5) is 9.16. The Hall–Kier alpha value is -3.02. The summed E-state index contributed by atoms with van der Waals surface area (Å²) in [5.41, 5.74) is 2.16. The summed E-state index contributed by atoms with van der Waals surface area (Å²) < 4.78 is 10.7. The van der Waals surface area contributed by atoms with Crippen LogP contribution in [0.5, 0.6) is 5.75 Å². The topological polar surface area (TPSA) is 54.6 Å². The van der Waals surface area contributed by atoms with Crippen LogP contribution >= 0.6 is 0 Å². The van der Waals surface area contributed by atoms with Gasteiger partial charge in [-0.25, -0.2) is 0 Å². The Morgan fingerprint density at radius 2 is 1.62 bits per heavy atom. The van der Waals surface area contributed by atoms with Gasteiger partial charge in [0.1, 0.15) is 5.75 Å². The SMILES string of the molecule is COc1ccc(N2CCCN(c3noc(-c4ccccc4)n3)CC2)cc1. The molecule has 0 unspecified atom stereocenters. The predicted octanol–water partition coefficient (Wildman–Crippen LogP) is 3.46. The highest BCUT2D eigenvalue weighted by Gasteiger charge is 2.20. The number of anilines is 2. The fourth-order valence-corrected chi connectivity index (χ4v) is 3.21. The highest BCUT2D eigenvalue weighted by atomic mass is 16.5. The number of rotatable bonds is 4. The fourth-order valence-electron chi connectivity index (χ4n) is 3.21. The maximum Gasteiger partial charge on any atom is 0.266 e. The van der Waals surface area contributed by atoms with E-state index < -0.39 is 0 Å². The van der Waals surface area contributed by atoms with Gasteiger partial charge in [0, 0.05) is 37.4 Å². The average molecular weight is 350 g/mol. The summed E-state index contributed by atoms with van der Waals surface area (Å²) in [6.07, 6.45) is 1.04. The quantitative estimate of drug-likeness (QED) is 0.718. The van der Waals surface area contributed by atoms with Gasteiger partial charge in [-0.3, -0.25) is 0 Å². The molecule has 2 aromatic carbocycles. The van der Waals surface area contributed by atoms with Gasteiger partial charge in [-0.05, 0) is 48.0 Å². The van der Waals surface area contributed by atoms with Gasteiger partial charge < -0.3 is 19.1 Å². The number of aromatic nitrogens is 2. The van der Waals surface area contributed by atoms with Gasteiger partial charge in [0.15, 0.2) is 0 Å². The van der Waals surface area contributed by atoms with Gasteiger partial charge >= 0.3 is 0 Å². The number of hydrogen-bond acceptors (Lipinski definition) is 6. The second-order valence-electron chi connectivity index (χ2n) is 6.29. The number of benzene rings is 2. The van der Waals surface area contributed by atoms with Crippen molar-refractivity contribution in [2.75, 3.05) is 43.1 Å². The van der Waals surface area contributed by atoms with E-state index in [2.05, 4.69) is 32.1 Å². The van der Waals surface area contributed by atoms with E-state index in [9.17, 15) is 0 Å². The van der Waals surface area contributed by atoms with E-state index in [1.54, 1.807) is 7.11 Å². The molecule has 1 aliphatic rings. The van der Waals surface area contributed by atoms with Crippen LogP contribution in [-0.2, 0) is 0 Å². The summed E-state index contributed by atoms with van der Waals surface area (Å²) in [6, 6.07) is 18.1. The first kappa shape index (κ1) is 16.4. The minimum Gasteiger partial charge on any atom is -0.497 e. The molecule has 0 aliphatic carbocycles. The van der Waals surface area contributed by atoms with Crippen molar-refractivity contribution in [1.29, 1.82) is 0 Å². The van der Waals surface area contributed by atoms with E-state index in [0.29, 0.717) is 11.8 Å². The summed E-state index contributed by atoms with van der Waals surface area (Å²) in [5.74, 6) is 2.11. The molecular formula is C20H22N4O2. The van der Waals surface area contributed by atoms with Gasteiger partial charge in [0.05, 0.1) is 7.11 Å². The largest absolute Gasteiger partial charge is 0.497 e. The molecule has 6 nitrogen and oxygen atoms in total. The molecule has 0 atom stereocenters. The molecule has 1 aliphatic heterocycles. The number of ether oxygens (including phenoxy) is 1. The van der Waals surface area contributed by atoms with Crippen molar-refractivity contribution in [2.45, 2.75) is 6.42 Å². The summed E-state index contributed by atoms with van der Waals surface area (Å²) in [6.45, 7) is 3.70. The minimum absolute atomic E-state index is 0.567. The highest BCUT2D eigenvalue weighted by molar-refractivity contribution is 5.54. The Morgan fingerprint density at radius 1 is 0.885 bits per heavy atom. The van der Waals surface area contributed by atoms with Crippen LogP contribution in [0.4, 0.5) is 11.6 Å². The van der Waals surface area contributed by atoms with E-state index in [4.69, 9.17) is 9.26 Å². The molecule has 0 amide bonds. The molecular weight excluding hydrogens is 328 g/mol. The van der Waals surface area contributed by atoms with Crippen molar-refractivity contribution in [1.82, 2.24) is 10.1 Å². The molecule has 134 valence electrons. The van der Waals surface area contributed by atoms with Crippen molar-refractivity contribution >= 4 is 11.6 Å². The Morgan fingerprint density at radius 3 is 2.38 bits per heavy atom. The zero-order valence-corrected chi connectivity index (χ0v) is 14.8. The van der Waals surface area contributed by atoms with Crippen LogP contribution in [0.1, 0.15) is 6.42 Å². The zero-order chi connectivity index (χ0) is 17.8. The molecule has 1 fully saturated rings. The lowest BCUT2D eigenvalue weighted by Gasteiger charge is -2.23. The van der Waals surface area contributed by atoms with Crippen LogP contribution in [0, 0.1) is 0 Å². The Balaban J connectivity index is 1.44. The van der Waals surface area contributed by atoms with E-state index in [-0.39, 0.29) is 0 Å². The first-order chi connectivity index (χ1) is 12.8. The van der Waals surface area contributed by atoms with E-state index in [1.165, 1.54) is 5.69 Å². The van der Waals surface area contributed by atoms with E-state index in [0.717, 1.165) is 43.9 Å². The van der Waals surface area contributed by atoms with Crippen LogP contribution in [0.25, 0.3) is 11.5 Å². The lowest BCUT2D eigenvalue weighted by molar-refractivity contribution is 0.415. The minimum atomic E-state index is 0.567. The summed E-state index contributed by atoms with van der Waals surface area (Å²) >= 11 is 0. The normalized spacial score (nSPS) is 15.0. The molecule has 4 rings (SSSR count). The predicted molar refractivity (Wildman–Crippen MR) is 102 cm³/mol. The molecule has 3 aromatic rings. The first-order valence-electron chi connectivity index (χ1n) is 8.86. The van der Waals surface area contributed by atoms with Crippen LogP contribution in [0.2, 0.25) is 0 Å².